The van der Waals surface area contributed by atoms with Crippen LogP contribution in [-0.4, -0.2) is 29.8 Å². The molecule has 1 aliphatic rings. The summed E-state index contributed by atoms with van der Waals surface area (Å²) in [6.45, 7) is 4.82. The lowest BCUT2D eigenvalue weighted by Crippen LogP contribution is -2.42. The summed E-state index contributed by atoms with van der Waals surface area (Å²) >= 11 is 3.44. The third kappa shape index (κ3) is 3.60. The molecule has 108 valence electrons. The molecule has 0 bridgehead atoms. The van der Waals surface area contributed by atoms with Crippen molar-refractivity contribution < 1.29 is 9.59 Å². The highest BCUT2D eigenvalue weighted by atomic mass is 79.9. The van der Waals surface area contributed by atoms with Crippen molar-refractivity contribution in [3.63, 3.8) is 0 Å². The van der Waals surface area contributed by atoms with E-state index in [9.17, 15) is 9.59 Å². The number of piperidine rings is 1. The van der Waals surface area contributed by atoms with Gasteiger partial charge in [-0.05, 0) is 43.5 Å². The van der Waals surface area contributed by atoms with Gasteiger partial charge in [-0.3, -0.25) is 9.59 Å². The minimum atomic E-state index is -0.114. The SMILES string of the molecule is CC(=O)N1CCC[C@@H](C(=O)Nc2ccc(Br)c(C)c2)C1. The maximum absolute atomic E-state index is 12.3. The van der Waals surface area contributed by atoms with Crippen LogP contribution in [0.4, 0.5) is 5.69 Å². The first kappa shape index (κ1) is 15.0. The minimum Gasteiger partial charge on any atom is -0.342 e. The van der Waals surface area contributed by atoms with Crippen LogP contribution in [0.25, 0.3) is 0 Å². The lowest BCUT2D eigenvalue weighted by atomic mass is 9.97. The summed E-state index contributed by atoms with van der Waals surface area (Å²) in [7, 11) is 0. The molecule has 1 aromatic rings. The van der Waals surface area contributed by atoms with Crippen LogP contribution in [0.15, 0.2) is 22.7 Å². The quantitative estimate of drug-likeness (QED) is 0.901. The number of aryl methyl sites for hydroxylation is 1. The van der Waals surface area contributed by atoms with E-state index in [-0.39, 0.29) is 17.7 Å². The van der Waals surface area contributed by atoms with E-state index in [1.54, 1.807) is 11.8 Å². The number of halogens is 1. The summed E-state index contributed by atoms with van der Waals surface area (Å²) in [6.07, 6.45) is 1.72. The normalized spacial score (nSPS) is 18.8. The van der Waals surface area contributed by atoms with Crippen LogP contribution in [0.5, 0.6) is 0 Å². The van der Waals surface area contributed by atoms with E-state index in [0.717, 1.165) is 35.1 Å². The third-order valence-electron chi connectivity index (χ3n) is 3.66. The van der Waals surface area contributed by atoms with E-state index < -0.39 is 0 Å². The van der Waals surface area contributed by atoms with Crippen molar-refractivity contribution in [2.45, 2.75) is 26.7 Å². The summed E-state index contributed by atoms with van der Waals surface area (Å²) in [6, 6.07) is 5.74. The molecular formula is C15H19BrN2O2. The molecule has 1 fully saturated rings. The standard InChI is InChI=1S/C15H19BrN2O2/c1-10-8-13(5-6-14(10)16)17-15(20)12-4-3-7-18(9-12)11(2)19/h5-6,8,12H,3-4,7,9H2,1-2H3,(H,17,20)/t12-/m1/s1. The van der Waals surface area contributed by atoms with Crippen LogP contribution in [0.3, 0.4) is 0 Å². The zero-order valence-electron chi connectivity index (χ0n) is 11.8. The average Bonchev–Trinajstić information content (AvgIpc) is 2.43. The Hall–Kier alpha value is -1.36. The highest BCUT2D eigenvalue weighted by Crippen LogP contribution is 2.22. The first-order valence-corrected chi connectivity index (χ1v) is 7.59. The second kappa shape index (κ2) is 6.39. The molecule has 1 aliphatic heterocycles. The third-order valence-corrected chi connectivity index (χ3v) is 4.55. The maximum atomic E-state index is 12.3. The van der Waals surface area contributed by atoms with Crippen LogP contribution < -0.4 is 5.32 Å². The molecular weight excluding hydrogens is 320 g/mol. The van der Waals surface area contributed by atoms with Crippen molar-refractivity contribution in [3.05, 3.63) is 28.2 Å². The molecule has 0 aromatic heterocycles. The molecule has 1 N–H and O–H groups in total. The van der Waals surface area contributed by atoms with Gasteiger partial charge in [0.2, 0.25) is 11.8 Å². The fourth-order valence-electron chi connectivity index (χ4n) is 2.44. The zero-order valence-corrected chi connectivity index (χ0v) is 13.4. The summed E-state index contributed by atoms with van der Waals surface area (Å²) in [5, 5.41) is 2.94. The van der Waals surface area contributed by atoms with Crippen LogP contribution in [0.2, 0.25) is 0 Å². The van der Waals surface area contributed by atoms with Gasteiger partial charge in [-0.25, -0.2) is 0 Å². The van der Waals surface area contributed by atoms with Gasteiger partial charge >= 0.3 is 0 Å². The van der Waals surface area contributed by atoms with Crippen LogP contribution in [-0.2, 0) is 9.59 Å². The Morgan fingerprint density at radius 3 is 2.80 bits per heavy atom. The zero-order chi connectivity index (χ0) is 14.7. The number of carbonyl (C=O) groups excluding carboxylic acids is 2. The molecule has 0 aliphatic carbocycles. The molecule has 0 saturated carbocycles. The van der Waals surface area contributed by atoms with Crippen molar-refractivity contribution in [3.8, 4) is 0 Å². The smallest absolute Gasteiger partial charge is 0.229 e. The van der Waals surface area contributed by atoms with Gasteiger partial charge in [-0.15, -0.1) is 0 Å². The van der Waals surface area contributed by atoms with Crippen molar-refractivity contribution in [2.75, 3.05) is 18.4 Å². The second-order valence-electron chi connectivity index (χ2n) is 5.26. The van der Waals surface area contributed by atoms with Gasteiger partial charge in [0.15, 0.2) is 0 Å². The van der Waals surface area contributed by atoms with E-state index in [0.29, 0.717) is 6.54 Å². The lowest BCUT2D eigenvalue weighted by molar-refractivity contribution is -0.132. The number of nitrogens with one attached hydrogen (secondary N) is 1. The number of benzene rings is 1. The molecule has 0 unspecified atom stereocenters. The Bertz CT molecular complexity index is 531. The predicted molar refractivity (Wildman–Crippen MR) is 82.5 cm³/mol. The number of anilines is 1. The number of nitrogens with zero attached hydrogens (tertiary/aromatic N) is 1. The molecule has 0 spiro atoms. The van der Waals surface area contributed by atoms with E-state index in [1.165, 1.54) is 0 Å². The van der Waals surface area contributed by atoms with Gasteiger partial charge in [0.25, 0.3) is 0 Å². The number of hydrogen-bond donors (Lipinski definition) is 1. The Morgan fingerprint density at radius 1 is 1.40 bits per heavy atom. The average molecular weight is 339 g/mol. The van der Waals surface area contributed by atoms with E-state index >= 15 is 0 Å². The van der Waals surface area contributed by atoms with Crippen molar-refractivity contribution in [2.24, 2.45) is 5.92 Å². The largest absolute Gasteiger partial charge is 0.342 e. The van der Waals surface area contributed by atoms with Gasteiger partial charge in [-0.2, -0.15) is 0 Å². The highest BCUT2D eigenvalue weighted by molar-refractivity contribution is 9.10. The monoisotopic (exact) mass is 338 g/mol. The topological polar surface area (TPSA) is 49.4 Å². The van der Waals surface area contributed by atoms with Crippen molar-refractivity contribution >= 4 is 33.4 Å². The van der Waals surface area contributed by atoms with Crippen molar-refractivity contribution in [1.82, 2.24) is 4.90 Å². The Labute approximate surface area is 127 Å². The van der Waals surface area contributed by atoms with Gasteiger partial charge in [0.1, 0.15) is 0 Å². The summed E-state index contributed by atoms with van der Waals surface area (Å²) in [5.41, 5.74) is 1.88. The summed E-state index contributed by atoms with van der Waals surface area (Å²) < 4.78 is 1.02. The second-order valence-corrected chi connectivity index (χ2v) is 6.11. The molecule has 2 rings (SSSR count). The summed E-state index contributed by atoms with van der Waals surface area (Å²) in [5.74, 6) is -0.0729. The fraction of sp³-hybridized carbons (Fsp3) is 0.467. The van der Waals surface area contributed by atoms with Gasteiger partial charge in [0.05, 0.1) is 5.92 Å². The maximum Gasteiger partial charge on any atom is 0.229 e. The van der Waals surface area contributed by atoms with E-state index in [4.69, 9.17) is 0 Å². The van der Waals surface area contributed by atoms with Gasteiger partial charge < -0.3 is 10.2 Å². The van der Waals surface area contributed by atoms with E-state index in [1.807, 2.05) is 25.1 Å². The first-order chi connectivity index (χ1) is 9.47. The number of likely N-dealkylation sites (tertiary alicyclic amines) is 1. The van der Waals surface area contributed by atoms with Gasteiger partial charge in [0, 0.05) is 30.2 Å². The Morgan fingerprint density at radius 2 is 2.15 bits per heavy atom. The number of amides is 2. The Kier molecular flexibility index (Phi) is 4.81. The van der Waals surface area contributed by atoms with Crippen LogP contribution >= 0.6 is 15.9 Å². The predicted octanol–water partition coefficient (Wildman–Crippen LogP) is 2.95. The van der Waals surface area contributed by atoms with Gasteiger partial charge in [-0.1, -0.05) is 15.9 Å². The molecule has 4 nitrogen and oxygen atoms in total. The van der Waals surface area contributed by atoms with E-state index in [2.05, 4.69) is 21.2 Å². The molecule has 20 heavy (non-hydrogen) atoms. The number of rotatable bonds is 2. The fourth-order valence-corrected chi connectivity index (χ4v) is 2.69. The van der Waals surface area contributed by atoms with Crippen LogP contribution in [0.1, 0.15) is 25.3 Å². The number of hydrogen-bond acceptors (Lipinski definition) is 2. The molecule has 1 heterocycles. The first-order valence-electron chi connectivity index (χ1n) is 6.80. The molecule has 1 atom stereocenters. The number of carbonyl (C=O) groups is 2. The lowest BCUT2D eigenvalue weighted by Gasteiger charge is -2.31. The molecule has 0 radical (unpaired) electrons. The minimum absolute atomic E-state index is 0.00216. The molecule has 2 amide bonds. The molecule has 1 aromatic carbocycles. The molecule has 1 saturated heterocycles. The summed E-state index contributed by atoms with van der Waals surface area (Å²) in [4.78, 5) is 25.4. The molecule has 5 heteroatoms. The Balaban J connectivity index is 2.00. The van der Waals surface area contributed by atoms with Crippen LogP contribution in [0, 0.1) is 12.8 Å². The van der Waals surface area contributed by atoms with Crippen molar-refractivity contribution in [1.29, 1.82) is 0 Å². The highest BCUT2D eigenvalue weighted by Gasteiger charge is 2.26.